The van der Waals surface area contributed by atoms with Crippen LogP contribution in [0.25, 0.3) is 10.9 Å². The van der Waals surface area contributed by atoms with Crippen LogP contribution < -0.4 is 10.1 Å². The van der Waals surface area contributed by atoms with Crippen molar-refractivity contribution in [3.63, 3.8) is 0 Å². The van der Waals surface area contributed by atoms with E-state index in [1.165, 1.54) is 6.42 Å². The molecule has 0 unspecified atom stereocenters. The van der Waals surface area contributed by atoms with Crippen molar-refractivity contribution in [1.29, 1.82) is 0 Å². The van der Waals surface area contributed by atoms with Crippen LogP contribution in [0.1, 0.15) is 65.5 Å². The van der Waals surface area contributed by atoms with Crippen LogP contribution in [-0.4, -0.2) is 34.8 Å². The second kappa shape index (κ2) is 10.3. The van der Waals surface area contributed by atoms with E-state index in [-0.39, 0.29) is 17.9 Å². The van der Waals surface area contributed by atoms with E-state index >= 15 is 0 Å². The van der Waals surface area contributed by atoms with Gasteiger partial charge >= 0.3 is 0 Å². The molecule has 1 N–H and O–H groups in total. The van der Waals surface area contributed by atoms with E-state index in [1.54, 1.807) is 13.3 Å². The van der Waals surface area contributed by atoms with Crippen molar-refractivity contribution in [2.45, 2.75) is 50.1 Å². The van der Waals surface area contributed by atoms with Crippen LogP contribution in [0.3, 0.4) is 0 Å². The number of rotatable bonds is 5. The fourth-order valence-electron chi connectivity index (χ4n) is 6.11. The molecular formula is C32H31N3O3. The third-order valence-corrected chi connectivity index (χ3v) is 7.94. The maximum Gasteiger partial charge on any atom is 0.254 e. The Hall–Kier alpha value is -4.19. The van der Waals surface area contributed by atoms with Gasteiger partial charge in [-0.05, 0) is 54.3 Å². The number of fused-ring (bicyclic) bond motifs is 2. The number of nitrogens with one attached hydrogen (secondary N) is 1. The van der Waals surface area contributed by atoms with Crippen molar-refractivity contribution in [2.75, 3.05) is 12.4 Å². The summed E-state index contributed by atoms with van der Waals surface area (Å²) in [6.45, 7) is 0. The van der Waals surface area contributed by atoms with E-state index in [1.807, 2.05) is 83.8 Å². The lowest BCUT2D eigenvalue weighted by molar-refractivity contribution is -0.119. The number of pyridine rings is 1. The second-order valence-electron chi connectivity index (χ2n) is 10.2. The Morgan fingerprint density at radius 3 is 2.47 bits per heavy atom. The van der Waals surface area contributed by atoms with Gasteiger partial charge in [-0.3, -0.25) is 14.6 Å². The molecule has 0 bridgehead atoms. The monoisotopic (exact) mass is 505 g/mol. The minimum Gasteiger partial charge on any atom is -0.497 e. The number of ether oxygens (including phenoxy) is 1. The highest BCUT2D eigenvalue weighted by Gasteiger charge is 2.46. The summed E-state index contributed by atoms with van der Waals surface area (Å²) < 4.78 is 5.40. The molecule has 2 amide bonds. The number of aromatic nitrogens is 1. The van der Waals surface area contributed by atoms with Crippen LogP contribution >= 0.6 is 0 Å². The predicted octanol–water partition coefficient (Wildman–Crippen LogP) is 6.50. The molecule has 6 nitrogen and oxygen atoms in total. The van der Waals surface area contributed by atoms with Gasteiger partial charge in [0.05, 0.1) is 36.5 Å². The topological polar surface area (TPSA) is 71.5 Å². The normalized spacial score (nSPS) is 19.7. The first-order chi connectivity index (χ1) is 18.6. The number of anilines is 1. The van der Waals surface area contributed by atoms with Gasteiger partial charge in [0.15, 0.2) is 0 Å². The zero-order valence-corrected chi connectivity index (χ0v) is 21.5. The highest BCUT2D eigenvalue weighted by atomic mass is 16.5. The van der Waals surface area contributed by atoms with Crippen molar-refractivity contribution in [1.82, 2.24) is 9.88 Å². The number of para-hydroxylation sites is 1. The van der Waals surface area contributed by atoms with Crippen molar-refractivity contribution in [3.8, 4) is 5.75 Å². The van der Waals surface area contributed by atoms with Crippen LogP contribution in [0.4, 0.5) is 5.69 Å². The Bertz CT molecular complexity index is 1480. The Morgan fingerprint density at radius 1 is 0.947 bits per heavy atom. The summed E-state index contributed by atoms with van der Waals surface area (Å²) in [4.78, 5) is 34.8. The molecule has 0 spiro atoms. The molecule has 0 saturated heterocycles. The zero-order valence-electron chi connectivity index (χ0n) is 21.5. The third-order valence-electron chi connectivity index (χ3n) is 7.94. The van der Waals surface area contributed by atoms with Gasteiger partial charge in [0.2, 0.25) is 5.91 Å². The fraction of sp³-hybridized carbons (Fsp3) is 0.281. The molecular weight excluding hydrogens is 474 g/mol. The van der Waals surface area contributed by atoms with Gasteiger partial charge in [-0.2, -0.15) is 0 Å². The first-order valence-corrected chi connectivity index (χ1v) is 13.4. The lowest BCUT2D eigenvalue weighted by atomic mass is 9.77. The average molecular weight is 506 g/mol. The maximum atomic E-state index is 14.2. The summed E-state index contributed by atoms with van der Waals surface area (Å²) in [6.07, 6.45) is 6.95. The second-order valence-corrected chi connectivity index (χ2v) is 10.2. The summed E-state index contributed by atoms with van der Waals surface area (Å²) in [5.41, 5.74) is 3.81. The maximum absolute atomic E-state index is 14.2. The Balaban J connectivity index is 1.46. The molecule has 2 heterocycles. The molecule has 38 heavy (non-hydrogen) atoms. The molecule has 4 aromatic rings. The summed E-state index contributed by atoms with van der Waals surface area (Å²) >= 11 is 0. The van der Waals surface area contributed by atoms with E-state index in [0.717, 1.165) is 53.5 Å². The average Bonchev–Trinajstić information content (AvgIpc) is 2.97. The quantitative estimate of drug-likeness (QED) is 0.336. The first-order valence-electron chi connectivity index (χ1n) is 13.4. The van der Waals surface area contributed by atoms with Crippen LogP contribution in [0.5, 0.6) is 5.75 Å². The standard InChI is InChI=1S/C32H31N3O3/c1-38-25-17-15-21(16-18-25)30-29(31(36)34-23-19-22-9-5-8-14-28(22)33-20-23)26-12-6-7-13-27(26)32(37)35(30)24-10-3-2-4-11-24/h5-9,12-20,24,29-30H,2-4,10-11H2,1H3,(H,34,36)/t29-,30+/m0/s1. The van der Waals surface area contributed by atoms with Crippen molar-refractivity contribution < 1.29 is 14.3 Å². The number of benzene rings is 3. The van der Waals surface area contributed by atoms with Crippen LogP contribution in [-0.2, 0) is 4.79 Å². The highest BCUT2D eigenvalue weighted by molar-refractivity contribution is 6.05. The number of hydrogen-bond donors (Lipinski definition) is 1. The van der Waals surface area contributed by atoms with E-state index in [9.17, 15) is 9.59 Å². The lowest BCUT2D eigenvalue weighted by Gasteiger charge is -2.46. The fourth-order valence-corrected chi connectivity index (χ4v) is 6.11. The van der Waals surface area contributed by atoms with Gasteiger partial charge in [-0.25, -0.2) is 0 Å². The molecule has 192 valence electrons. The van der Waals surface area contributed by atoms with E-state index in [0.29, 0.717) is 11.3 Å². The Morgan fingerprint density at radius 2 is 1.68 bits per heavy atom. The minimum atomic E-state index is -0.578. The van der Waals surface area contributed by atoms with Gasteiger partial charge in [0.1, 0.15) is 5.75 Å². The zero-order chi connectivity index (χ0) is 26.1. The van der Waals surface area contributed by atoms with Gasteiger partial charge in [-0.15, -0.1) is 0 Å². The largest absolute Gasteiger partial charge is 0.497 e. The van der Waals surface area contributed by atoms with Crippen molar-refractivity contribution in [2.24, 2.45) is 0 Å². The third kappa shape index (κ3) is 4.40. The van der Waals surface area contributed by atoms with E-state index < -0.39 is 12.0 Å². The Labute approximate surface area is 222 Å². The molecule has 1 fully saturated rings. The highest BCUT2D eigenvalue weighted by Crippen LogP contribution is 2.46. The first kappa shape index (κ1) is 24.2. The molecule has 1 aliphatic heterocycles. The van der Waals surface area contributed by atoms with Crippen molar-refractivity contribution >= 4 is 28.4 Å². The smallest absolute Gasteiger partial charge is 0.254 e. The summed E-state index contributed by atoms with van der Waals surface area (Å²) in [7, 11) is 1.64. The number of nitrogens with zero attached hydrogens (tertiary/aromatic N) is 2. The molecule has 1 aliphatic carbocycles. The molecule has 3 aromatic carbocycles. The molecule has 6 heteroatoms. The summed E-state index contributed by atoms with van der Waals surface area (Å²) in [5, 5.41) is 4.10. The van der Waals surface area contributed by atoms with Crippen LogP contribution in [0, 0.1) is 0 Å². The molecule has 2 atom stereocenters. The van der Waals surface area contributed by atoms with Crippen molar-refractivity contribution in [3.05, 3.63) is 102 Å². The number of amides is 2. The van der Waals surface area contributed by atoms with Gasteiger partial charge in [0, 0.05) is 17.0 Å². The molecule has 0 radical (unpaired) electrons. The number of hydrogen-bond acceptors (Lipinski definition) is 4. The van der Waals surface area contributed by atoms with Gasteiger partial charge in [0.25, 0.3) is 5.91 Å². The SMILES string of the molecule is COc1ccc([C@@H]2[C@@H](C(=O)Nc3cnc4ccccc4c3)c3ccccc3C(=O)N2C2CCCCC2)cc1. The molecule has 1 saturated carbocycles. The lowest BCUT2D eigenvalue weighted by Crippen LogP contribution is -2.51. The predicted molar refractivity (Wildman–Crippen MR) is 148 cm³/mol. The summed E-state index contributed by atoms with van der Waals surface area (Å²) in [5.74, 6) is 0.0165. The van der Waals surface area contributed by atoms with E-state index in [4.69, 9.17) is 4.74 Å². The number of carbonyl (C=O) groups is 2. The van der Waals surface area contributed by atoms with E-state index in [2.05, 4.69) is 10.3 Å². The molecule has 6 rings (SSSR count). The number of carbonyl (C=O) groups excluding carboxylic acids is 2. The Kier molecular flexibility index (Phi) is 6.54. The van der Waals surface area contributed by atoms with Crippen LogP contribution in [0.2, 0.25) is 0 Å². The van der Waals surface area contributed by atoms with Gasteiger partial charge in [-0.1, -0.05) is 67.8 Å². The van der Waals surface area contributed by atoms with Crippen LogP contribution in [0.15, 0.2) is 85.1 Å². The van der Waals surface area contributed by atoms with Gasteiger partial charge < -0.3 is 15.0 Å². The minimum absolute atomic E-state index is 0.00439. The molecule has 2 aliphatic rings. The summed E-state index contributed by atoms with van der Waals surface area (Å²) in [6, 6.07) is 24.8. The molecule has 1 aromatic heterocycles. The number of methoxy groups -OCH3 is 1.